The first kappa shape index (κ1) is 15.2. The van der Waals surface area contributed by atoms with Gasteiger partial charge in [-0.2, -0.15) is 0 Å². The first-order valence-corrected chi connectivity index (χ1v) is 7.05. The van der Waals surface area contributed by atoms with Crippen LogP contribution in [0.5, 0.6) is 0 Å². The molecule has 3 N–H and O–H groups in total. The number of hydrogen-bond donors (Lipinski definition) is 3. The smallest absolute Gasteiger partial charge is 0.335 e. The lowest BCUT2D eigenvalue weighted by Crippen LogP contribution is -2.14. The molecule has 0 fully saturated rings. The fourth-order valence-corrected chi connectivity index (χ4v) is 2.21. The Morgan fingerprint density at radius 3 is 2.81 bits per heavy atom. The molecule has 1 aromatic carbocycles. The highest BCUT2D eigenvalue weighted by molar-refractivity contribution is 9.10. The lowest BCUT2D eigenvalue weighted by molar-refractivity contribution is 0.0696. The summed E-state index contributed by atoms with van der Waals surface area (Å²) in [5.74, 6) is -0.906. The molecule has 7 nitrogen and oxygen atoms in total. The third-order valence-electron chi connectivity index (χ3n) is 2.62. The van der Waals surface area contributed by atoms with E-state index in [0.717, 1.165) is 6.42 Å². The Hall–Kier alpha value is -2.22. The number of carbonyl (C=O) groups excluding carboxylic acids is 1. The van der Waals surface area contributed by atoms with E-state index in [2.05, 4.69) is 36.4 Å². The van der Waals surface area contributed by atoms with Gasteiger partial charge in [0.1, 0.15) is 5.82 Å². The number of carboxylic acids is 1. The molecule has 2 aromatic rings. The van der Waals surface area contributed by atoms with Crippen LogP contribution in [0.15, 0.2) is 22.7 Å². The number of aromatic carboxylic acids is 1. The Balaban J connectivity index is 2.16. The van der Waals surface area contributed by atoms with Gasteiger partial charge in [-0.15, -0.1) is 5.10 Å². The van der Waals surface area contributed by atoms with Crippen LogP contribution >= 0.6 is 15.9 Å². The van der Waals surface area contributed by atoms with Gasteiger partial charge in [-0.25, -0.2) is 9.78 Å². The lowest BCUT2D eigenvalue weighted by Gasteiger charge is -2.05. The molecule has 2 rings (SSSR count). The van der Waals surface area contributed by atoms with E-state index in [1.165, 1.54) is 12.1 Å². The number of aryl methyl sites for hydroxylation is 1. The SMILES string of the molecule is CCCc1nc(C(=O)Nc2cc(Br)cc(C(=O)O)c2)n[nH]1. The van der Waals surface area contributed by atoms with E-state index in [1.54, 1.807) is 6.07 Å². The summed E-state index contributed by atoms with van der Waals surface area (Å²) < 4.78 is 0.555. The van der Waals surface area contributed by atoms with Crippen LogP contribution < -0.4 is 5.32 Å². The van der Waals surface area contributed by atoms with Crippen molar-refractivity contribution in [2.45, 2.75) is 19.8 Å². The number of hydrogen-bond acceptors (Lipinski definition) is 4. The van der Waals surface area contributed by atoms with Crippen LogP contribution in [-0.4, -0.2) is 32.2 Å². The van der Waals surface area contributed by atoms with Crippen molar-refractivity contribution in [2.24, 2.45) is 0 Å². The van der Waals surface area contributed by atoms with Gasteiger partial charge in [-0.1, -0.05) is 22.9 Å². The van der Waals surface area contributed by atoms with E-state index in [9.17, 15) is 9.59 Å². The molecule has 0 atom stereocenters. The summed E-state index contributed by atoms with van der Waals surface area (Å²) in [5.41, 5.74) is 0.426. The molecule has 8 heteroatoms. The summed E-state index contributed by atoms with van der Waals surface area (Å²) in [7, 11) is 0. The van der Waals surface area contributed by atoms with Crippen LogP contribution in [0.2, 0.25) is 0 Å². The average Bonchev–Trinajstić information content (AvgIpc) is 2.87. The Morgan fingerprint density at radius 1 is 1.38 bits per heavy atom. The van der Waals surface area contributed by atoms with Crippen molar-refractivity contribution in [3.8, 4) is 0 Å². The predicted octanol–water partition coefficient (Wildman–Crippen LogP) is 2.47. The fourth-order valence-electron chi connectivity index (χ4n) is 1.72. The van der Waals surface area contributed by atoms with Crippen LogP contribution in [0.3, 0.4) is 0 Å². The van der Waals surface area contributed by atoms with Gasteiger partial charge in [0.25, 0.3) is 5.91 Å². The number of benzene rings is 1. The molecule has 0 spiro atoms. The van der Waals surface area contributed by atoms with Crippen molar-refractivity contribution >= 4 is 33.5 Å². The van der Waals surface area contributed by atoms with Crippen LogP contribution in [0.1, 0.15) is 40.1 Å². The van der Waals surface area contributed by atoms with Gasteiger partial charge in [0.05, 0.1) is 5.56 Å². The Labute approximate surface area is 128 Å². The molecule has 0 aliphatic heterocycles. The van der Waals surface area contributed by atoms with Gasteiger partial charge in [-0.05, 0) is 24.6 Å². The number of aromatic amines is 1. The standard InChI is InChI=1S/C13H13BrN4O3/c1-2-3-10-16-11(18-17-10)12(19)15-9-5-7(13(20)21)4-8(14)6-9/h4-6H,2-3H2,1H3,(H,15,19)(H,20,21)(H,16,17,18). The molecule has 0 saturated carbocycles. The Morgan fingerprint density at radius 2 is 2.14 bits per heavy atom. The minimum absolute atomic E-state index is 0.0234. The molecular formula is C13H13BrN4O3. The van der Waals surface area contributed by atoms with Crippen molar-refractivity contribution in [1.82, 2.24) is 15.2 Å². The molecule has 1 amide bonds. The quantitative estimate of drug-likeness (QED) is 0.765. The number of aromatic nitrogens is 3. The minimum atomic E-state index is -1.07. The third-order valence-corrected chi connectivity index (χ3v) is 3.08. The van der Waals surface area contributed by atoms with Crippen LogP contribution in [0.4, 0.5) is 5.69 Å². The van der Waals surface area contributed by atoms with Crippen molar-refractivity contribution in [1.29, 1.82) is 0 Å². The predicted molar refractivity (Wildman–Crippen MR) is 79.4 cm³/mol. The molecule has 1 aromatic heterocycles. The number of carboxylic acid groups (broad SMARTS) is 1. The van der Waals surface area contributed by atoms with Gasteiger partial charge < -0.3 is 10.4 Å². The molecule has 0 bridgehead atoms. The zero-order valence-electron chi connectivity index (χ0n) is 11.2. The minimum Gasteiger partial charge on any atom is -0.478 e. The van der Waals surface area contributed by atoms with Crippen LogP contribution in [0.25, 0.3) is 0 Å². The number of rotatable bonds is 5. The maximum Gasteiger partial charge on any atom is 0.335 e. The largest absolute Gasteiger partial charge is 0.478 e. The second-order valence-corrected chi connectivity index (χ2v) is 5.26. The summed E-state index contributed by atoms with van der Waals surface area (Å²) in [6, 6.07) is 4.42. The first-order valence-electron chi connectivity index (χ1n) is 6.26. The highest BCUT2D eigenvalue weighted by Crippen LogP contribution is 2.20. The van der Waals surface area contributed by atoms with E-state index < -0.39 is 11.9 Å². The van der Waals surface area contributed by atoms with Crippen molar-refractivity contribution in [3.05, 3.63) is 39.9 Å². The van der Waals surface area contributed by atoms with Gasteiger partial charge >= 0.3 is 5.97 Å². The summed E-state index contributed by atoms with van der Waals surface area (Å²) >= 11 is 3.20. The number of H-pyrrole nitrogens is 1. The third kappa shape index (κ3) is 3.88. The van der Waals surface area contributed by atoms with E-state index in [0.29, 0.717) is 22.4 Å². The maximum absolute atomic E-state index is 12.0. The molecular weight excluding hydrogens is 340 g/mol. The molecule has 0 saturated heterocycles. The monoisotopic (exact) mass is 352 g/mol. The van der Waals surface area contributed by atoms with E-state index >= 15 is 0 Å². The number of anilines is 1. The molecule has 0 unspecified atom stereocenters. The zero-order valence-corrected chi connectivity index (χ0v) is 12.8. The van der Waals surface area contributed by atoms with E-state index in [1.807, 2.05) is 6.92 Å². The molecule has 0 aliphatic carbocycles. The lowest BCUT2D eigenvalue weighted by atomic mass is 10.2. The Bertz CT molecular complexity index is 684. The van der Waals surface area contributed by atoms with Crippen LogP contribution in [-0.2, 0) is 6.42 Å². The normalized spacial score (nSPS) is 10.4. The van der Waals surface area contributed by atoms with Crippen molar-refractivity contribution in [2.75, 3.05) is 5.32 Å². The molecule has 0 radical (unpaired) electrons. The number of nitrogens with zero attached hydrogens (tertiary/aromatic N) is 2. The summed E-state index contributed by atoms with van der Waals surface area (Å²) in [5, 5.41) is 18.1. The molecule has 0 aliphatic rings. The molecule has 110 valence electrons. The van der Waals surface area contributed by atoms with Gasteiger partial charge in [-0.3, -0.25) is 9.89 Å². The Kier molecular flexibility index (Phi) is 4.69. The number of halogens is 1. The fraction of sp³-hybridized carbons (Fsp3) is 0.231. The summed E-state index contributed by atoms with van der Waals surface area (Å²) in [6.07, 6.45) is 1.60. The topological polar surface area (TPSA) is 108 Å². The second kappa shape index (κ2) is 6.49. The van der Waals surface area contributed by atoms with Gasteiger partial charge in [0.2, 0.25) is 5.82 Å². The molecule has 1 heterocycles. The first-order chi connectivity index (χ1) is 9.99. The van der Waals surface area contributed by atoms with Gasteiger partial charge in [0, 0.05) is 16.6 Å². The van der Waals surface area contributed by atoms with E-state index in [-0.39, 0.29) is 11.4 Å². The maximum atomic E-state index is 12.0. The second-order valence-electron chi connectivity index (χ2n) is 4.34. The van der Waals surface area contributed by atoms with Crippen molar-refractivity contribution in [3.63, 3.8) is 0 Å². The van der Waals surface area contributed by atoms with Crippen molar-refractivity contribution < 1.29 is 14.7 Å². The zero-order chi connectivity index (χ0) is 15.4. The summed E-state index contributed by atoms with van der Waals surface area (Å²) in [4.78, 5) is 27.0. The summed E-state index contributed by atoms with van der Waals surface area (Å²) in [6.45, 7) is 2.00. The van der Waals surface area contributed by atoms with E-state index in [4.69, 9.17) is 5.11 Å². The average molecular weight is 353 g/mol. The number of amides is 1. The highest BCUT2D eigenvalue weighted by atomic mass is 79.9. The van der Waals surface area contributed by atoms with Gasteiger partial charge in [0.15, 0.2) is 0 Å². The number of carbonyl (C=O) groups is 2. The van der Waals surface area contributed by atoms with Crippen LogP contribution in [0, 0.1) is 0 Å². The number of nitrogens with one attached hydrogen (secondary N) is 2. The highest BCUT2D eigenvalue weighted by Gasteiger charge is 2.14. The molecule has 21 heavy (non-hydrogen) atoms.